The van der Waals surface area contributed by atoms with Crippen LogP contribution in [0.3, 0.4) is 0 Å². The number of nitrogens with zero attached hydrogens (tertiary/aromatic N) is 6. The number of rotatable bonds is 10. The van der Waals surface area contributed by atoms with E-state index in [1.807, 2.05) is 42.8 Å². The van der Waals surface area contributed by atoms with E-state index in [2.05, 4.69) is 63.4 Å². The number of hydrogen-bond donors (Lipinski definition) is 0. The molecule has 172 valence electrons. The first-order chi connectivity index (χ1) is 16.1. The molecule has 0 atom stereocenters. The van der Waals surface area contributed by atoms with Crippen molar-refractivity contribution in [1.29, 1.82) is 0 Å². The van der Waals surface area contributed by atoms with E-state index in [4.69, 9.17) is 9.26 Å². The van der Waals surface area contributed by atoms with Crippen molar-refractivity contribution in [3.05, 3.63) is 54.4 Å². The molecule has 0 amide bonds. The predicted molar refractivity (Wildman–Crippen MR) is 130 cm³/mol. The molecular weight excluding hydrogens is 436 g/mol. The topological polar surface area (TPSA) is 82.1 Å². The summed E-state index contributed by atoms with van der Waals surface area (Å²) in [6.45, 7) is 8.81. The lowest BCUT2D eigenvalue weighted by Gasteiger charge is -2.21. The second kappa shape index (κ2) is 10.5. The Hall–Kier alpha value is -3.33. The Bertz CT molecular complexity index is 1180. The molecule has 4 rings (SSSR count). The van der Waals surface area contributed by atoms with Gasteiger partial charge in [0, 0.05) is 31.4 Å². The fourth-order valence-electron chi connectivity index (χ4n) is 3.58. The van der Waals surface area contributed by atoms with Gasteiger partial charge >= 0.3 is 0 Å². The zero-order chi connectivity index (χ0) is 23.2. The number of hydrogen-bond acceptors (Lipinski definition) is 8. The van der Waals surface area contributed by atoms with Crippen molar-refractivity contribution in [3.63, 3.8) is 0 Å². The molecule has 0 radical (unpaired) electrons. The minimum atomic E-state index is 0.497. The maximum absolute atomic E-state index is 5.67. The highest BCUT2D eigenvalue weighted by molar-refractivity contribution is 7.98. The van der Waals surface area contributed by atoms with E-state index in [9.17, 15) is 0 Å². The molecule has 8 nitrogen and oxygen atoms in total. The fourth-order valence-corrected chi connectivity index (χ4v) is 4.33. The van der Waals surface area contributed by atoms with Gasteiger partial charge in [-0.15, -0.1) is 10.2 Å². The summed E-state index contributed by atoms with van der Waals surface area (Å²) < 4.78 is 13.1. The van der Waals surface area contributed by atoms with Gasteiger partial charge in [0.25, 0.3) is 0 Å². The van der Waals surface area contributed by atoms with Crippen molar-refractivity contribution in [2.24, 2.45) is 7.05 Å². The van der Waals surface area contributed by atoms with Crippen molar-refractivity contribution in [3.8, 4) is 28.5 Å². The molecule has 4 aromatic rings. The molecule has 0 N–H and O–H groups in total. The Balaban J connectivity index is 1.45. The molecule has 9 heteroatoms. The third-order valence-corrected chi connectivity index (χ3v) is 6.31. The number of anilines is 1. The Kier molecular flexibility index (Phi) is 7.29. The quantitative estimate of drug-likeness (QED) is 0.301. The molecule has 0 saturated heterocycles. The van der Waals surface area contributed by atoms with Gasteiger partial charge in [-0.1, -0.05) is 29.1 Å². The summed E-state index contributed by atoms with van der Waals surface area (Å²) in [7, 11) is 1.97. The SMILES string of the molecule is CCOc1ccccc1-c1noc(CSc2nnc(-c3ccc(N(CC)CC)cc3)n2C)n1. The second-order valence-electron chi connectivity index (χ2n) is 7.31. The van der Waals surface area contributed by atoms with Crippen LogP contribution < -0.4 is 9.64 Å². The first-order valence-corrected chi connectivity index (χ1v) is 12.1. The van der Waals surface area contributed by atoms with Crippen LogP contribution in [0.5, 0.6) is 5.75 Å². The van der Waals surface area contributed by atoms with Crippen LogP contribution in [0.15, 0.2) is 58.2 Å². The summed E-state index contributed by atoms with van der Waals surface area (Å²) in [5.41, 5.74) is 3.05. The molecule has 0 aliphatic heterocycles. The summed E-state index contributed by atoms with van der Waals surface area (Å²) in [4.78, 5) is 6.85. The van der Waals surface area contributed by atoms with E-state index in [0.717, 1.165) is 40.9 Å². The molecule has 0 saturated carbocycles. The van der Waals surface area contributed by atoms with Crippen LogP contribution in [0.25, 0.3) is 22.8 Å². The van der Waals surface area contributed by atoms with Crippen LogP contribution in [-0.2, 0) is 12.8 Å². The molecule has 0 fully saturated rings. The zero-order valence-electron chi connectivity index (χ0n) is 19.4. The van der Waals surface area contributed by atoms with Gasteiger partial charge in [-0.2, -0.15) is 4.98 Å². The average Bonchev–Trinajstić information content (AvgIpc) is 3.46. The molecule has 0 aliphatic carbocycles. The Morgan fingerprint density at radius 2 is 1.76 bits per heavy atom. The standard InChI is InChI=1S/C24H28N6O2S/c1-5-30(6-2)18-14-12-17(13-15-18)23-26-27-24(29(23)4)33-16-21-25-22(28-32-21)19-10-8-9-11-20(19)31-7-3/h8-15H,5-7,16H2,1-4H3. The van der Waals surface area contributed by atoms with Crippen LogP contribution in [0.4, 0.5) is 5.69 Å². The Morgan fingerprint density at radius 3 is 2.48 bits per heavy atom. The normalized spacial score (nSPS) is 11.0. The third kappa shape index (κ3) is 5.03. The molecule has 0 aliphatic rings. The van der Waals surface area contributed by atoms with Crippen LogP contribution in [0, 0.1) is 0 Å². The minimum Gasteiger partial charge on any atom is -0.493 e. The largest absolute Gasteiger partial charge is 0.493 e. The average molecular weight is 465 g/mol. The van der Waals surface area contributed by atoms with Gasteiger partial charge in [0.1, 0.15) is 5.75 Å². The van der Waals surface area contributed by atoms with E-state index < -0.39 is 0 Å². The molecular formula is C24H28N6O2S. The summed E-state index contributed by atoms with van der Waals surface area (Å²) >= 11 is 1.51. The lowest BCUT2D eigenvalue weighted by Crippen LogP contribution is -2.21. The van der Waals surface area contributed by atoms with Crippen LogP contribution in [0.2, 0.25) is 0 Å². The predicted octanol–water partition coefficient (Wildman–Crippen LogP) is 5.07. The number of aromatic nitrogens is 5. The lowest BCUT2D eigenvalue weighted by atomic mass is 10.2. The van der Waals surface area contributed by atoms with Gasteiger partial charge in [0.15, 0.2) is 11.0 Å². The van der Waals surface area contributed by atoms with Crippen molar-refractivity contribution >= 4 is 17.4 Å². The van der Waals surface area contributed by atoms with Gasteiger partial charge in [0.05, 0.1) is 17.9 Å². The van der Waals surface area contributed by atoms with Gasteiger partial charge in [0.2, 0.25) is 11.7 Å². The number of benzene rings is 2. The van der Waals surface area contributed by atoms with E-state index in [0.29, 0.717) is 24.1 Å². The van der Waals surface area contributed by atoms with E-state index in [1.165, 1.54) is 17.4 Å². The zero-order valence-corrected chi connectivity index (χ0v) is 20.2. The molecule has 0 spiro atoms. The summed E-state index contributed by atoms with van der Waals surface area (Å²) in [6.07, 6.45) is 0. The smallest absolute Gasteiger partial charge is 0.237 e. The first-order valence-electron chi connectivity index (χ1n) is 11.1. The Morgan fingerprint density at radius 1 is 1.00 bits per heavy atom. The molecule has 0 unspecified atom stereocenters. The fraction of sp³-hybridized carbons (Fsp3) is 0.333. The maximum Gasteiger partial charge on any atom is 0.237 e. The minimum absolute atomic E-state index is 0.497. The lowest BCUT2D eigenvalue weighted by molar-refractivity contribution is 0.341. The molecule has 0 bridgehead atoms. The molecule has 2 aromatic carbocycles. The highest BCUT2D eigenvalue weighted by Crippen LogP contribution is 2.30. The van der Waals surface area contributed by atoms with Crippen molar-refractivity contribution in [2.45, 2.75) is 31.7 Å². The number of ether oxygens (including phenoxy) is 1. The van der Waals surface area contributed by atoms with Gasteiger partial charge in [-0.25, -0.2) is 0 Å². The van der Waals surface area contributed by atoms with Crippen molar-refractivity contribution < 1.29 is 9.26 Å². The summed E-state index contributed by atoms with van der Waals surface area (Å²) in [5.74, 6) is 3.10. The van der Waals surface area contributed by atoms with E-state index >= 15 is 0 Å². The summed E-state index contributed by atoms with van der Waals surface area (Å²) in [5, 5.41) is 13.7. The first kappa shape index (κ1) is 22.8. The molecule has 33 heavy (non-hydrogen) atoms. The molecule has 2 heterocycles. The van der Waals surface area contributed by atoms with E-state index in [1.54, 1.807) is 0 Å². The Labute approximate surface area is 198 Å². The van der Waals surface area contributed by atoms with Crippen LogP contribution >= 0.6 is 11.8 Å². The van der Waals surface area contributed by atoms with Gasteiger partial charge < -0.3 is 18.7 Å². The second-order valence-corrected chi connectivity index (χ2v) is 8.26. The van der Waals surface area contributed by atoms with Gasteiger partial charge in [-0.3, -0.25) is 0 Å². The maximum atomic E-state index is 5.67. The van der Waals surface area contributed by atoms with Crippen molar-refractivity contribution in [2.75, 3.05) is 24.6 Å². The summed E-state index contributed by atoms with van der Waals surface area (Å²) in [6, 6.07) is 16.1. The monoisotopic (exact) mass is 464 g/mol. The van der Waals surface area contributed by atoms with Crippen molar-refractivity contribution in [1.82, 2.24) is 24.9 Å². The van der Waals surface area contributed by atoms with E-state index in [-0.39, 0.29) is 0 Å². The number of thioether (sulfide) groups is 1. The number of para-hydroxylation sites is 1. The van der Waals surface area contributed by atoms with Crippen LogP contribution in [0.1, 0.15) is 26.7 Å². The third-order valence-electron chi connectivity index (χ3n) is 5.31. The highest BCUT2D eigenvalue weighted by atomic mass is 32.2. The van der Waals surface area contributed by atoms with Crippen LogP contribution in [-0.4, -0.2) is 44.6 Å². The molecule has 2 aromatic heterocycles. The highest BCUT2D eigenvalue weighted by Gasteiger charge is 2.16. The van der Waals surface area contributed by atoms with Gasteiger partial charge in [-0.05, 0) is 57.2 Å².